The molecular formula is C22H34O. The van der Waals surface area contributed by atoms with Gasteiger partial charge in [0.05, 0.1) is 5.60 Å². The summed E-state index contributed by atoms with van der Waals surface area (Å²) in [6.07, 6.45) is 12.1. The molecule has 1 heteroatoms. The minimum absolute atomic E-state index is 0.0268. The number of hydrogen-bond acceptors (Lipinski definition) is 1. The molecule has 0 amide bonds. The molecule has 2 saturated carbocycles. The molecule has 0 aromatic heterocycles. The van der Waals surface area contributed by atoms with E-state index in [0.29, 0.717) is 17.8 Å². The van der Waals surface area contributed by atoms with Crippen LogP contribution in [0.5, 0.6) is 0 Å². The van der Waals surface area contributed by atoms with Crippen LogP contribution in [0.2, 0.25) is 0 Å². The number of rotatable bonds is 6. The van der Waals surface area contributed by atoms with Crippen molar-refractivity contribution >= 4 is 0 Å². The summed E-state index contributed by atoms with van der Waals surface area (Å²) >= 11 is 0. The summed E-state index contributed by atoms with van der Waals surface area (Å²) in [5.41, 5.74) is 2.89. The third kappa shape index (κ3) is 3.09. The van der Waals surface area contributed by atoms with Gasteiger partial charge in [-0.2, -0.15) is 0 Å². The monoisotopic (exact) mass is 314 g/mol. The van der Waals surface area contributed by atoms with Crippen LogP contribution < -0.4 is 0 Å². The molecule has 0 spiro atoms. The number of methoxy groups -OCH3 is 1. The Balaban J connectivity index is 1.96. The fourth-order valence-electron chi connectivity index (χ4n) is 5.27. The van der Waals surface area contributed by atoms with Crippen LogP contribution in [0.25, 0.3) is 0 Å². The molecular weight excluding hydrogens is 280 g/mol. The molecule has 2 aliphatic rings. The molecule has 23 heavy (non-hydrogen) atoms. The second-order valence-electron chi connectivity index (χ2n) is 7.89. The van der Waals surface area contributed by atoms with E-state index in [2.05, 4.69) is 38.1 Å². The summed E-state index contributed by atoms with van der Waals surface area (Å²) < 4.78 is 6.42. The van der Waals surface area contributed by atoms with Crippen LogP contribution in [-0.2, 0) is 10.3 Å². The lowest BCUT2D eigenvalue weighted by molar-refractivity contribution is -0.107. The Bertz CT molecular complexity index is 461. The fourth-order valence-corrected chi connectivity index (χ4v) is 5.27. The summed E-state index contributed by atoms with van der Waals surface area (Å²) in [7, 11) is 1.97. The van der Waals surface area contributed by atoms with Crippen LogP contribution in [-0.4, -0.2) is 7.11 Å². The highest BCUT2D eigenvalue weighted by Crippen LogP contribution is 2.52. The molecule has 0 N–H and O–H groups in total. The SMILES string of the molecule is CCC(C)c1ccc(C(OC)(C2CCCC2)C2CCCC2)cc1. The second-order valence-corrected chi connectivity index (χ2v) is 7.89. The molecule has 2 aliphatic carbocycles. The Kier molecular flexibility index (Phi) is 5.46. The first-order chi connectivity index (χ1) is 11.2. The van der Waals surface area contributed by atoms with E-state index in [4.69, 9.17) is 4.74 Å². The molecule has 0 saturated heterocycles. The van der Waals surface area contributed by atoms with Crippen molar-refractivity contribution < 1.29 is 4.74 Å². The maximum atomic E-state index is 6.42. The minimum Gasteiger partial charge on any atom is -0.373 e. The zero-order valence-corrected chi connectivity index (χ0v) is 15.3. The van der Waals surface area contributed by atoms with Crippen LogP contribution >= 0.6 is 0 Å². The number of benzene rings is 1. The summed E-state index contributed by atoms with van der Waals surface area (Å²) in [6.45, 7) is 4.60. The van der Waals surface area contributed by atoms with Crippen LogP contribution in [0.15, 0.2) is 24.3 Å². The normalized spacial score (nSPS) is 21.9. The molecule has 128 valence electrons. The van der Waals surface area contributed by atoms with E-state index < -0.39 is 0 Å². The maximum absolute atomic E-state index is 6.42. The molecule has 0 heterocycles. The highest BCUT2D eigenvalue weighted by molar-refractivity contribution is 5.31. The molecule has 0 aliphatic heterocycles. The van der Waals surface area contributed by atoms with Gasteiger partial charge < -0.3 is 4.74 Å². The molecule has 1 aromatic rings. The Morgan fingerprint density at radius 1 is 0.957 bits per heavy atom. The molecule has 0 bridgehead atoms. The zero-order valence-electron chi connectivity index (χ0n) is 15.3. The largest absolute Gasteiger partial charge is 0.373 e. The van der Waals surface area contributed by atoms with E-state index in [-0.39, 0.29) is 5.60 Å². The fraction of sp³-hybridized carbons (Fsp3) is 0.727. The van der Waals surface area contributed by atoms with E-state index in [0.717, 1.165) is 0 Å². The van der Waals surface area contributed by atoms with Crippen molar-refractivity contribution in [2.24, 2.45) is 11.8 Å². The van der Waals surface area contributed by atoms with E-state index in [1.165, 1.54) is 68.9 Å². The predicted octanol–water partition coefficient (Wildman–Crippen LogP) is 6.42. The van der Waals surface area contributed by atoms with Gasteiger partial charge in [0.25, 0.3) is 0 Å². The average Bonchev–Trinajstić information content (AvgIpc) is 3.30. The van der Waals surface area contributed by atoms with Gasteiger partial charge in [-0.1, -0.05) is 63.8 Å². The summed E-state index contributed by atoms with van der Waals surface area (Å²) in [5, 5.41) is 0. The van der Waals surface area contributed by atoms with Gasteiger partial charge in [-0.15, -0.1) is 0 Å². The van der Waals surface area contributed by atoms with Gasteiger partial charge in [-0.25, -0.2) is 0 Å². The zero-order chi connectivity index (χ0) is 16.3. The van der Waals surface area contributed by atoms with Gasteiger partial charge in [0, 0.05) is 7.11 Å². The standard InChI is InChI=1S/C22H34O/c1-4-17(2)18-13-15-21(16-14-18)22(23-3,19-9-5-6-10-19)20-11-7-8-12-20/h13-17,19-20H,4-12H2,1-3H3. The Morgan fingerprint density at radius 2 is 1.43 bits per heavy atom. The third-order valence-corrected chi connectivity index (χ3v) is 6.80. The Labute approximate surface area is 142 Å². The Morgan fingerprint density at radius 3 is 1.83 bits per heavy atom. The van der Waals surface area contributed by atoms with Crippen molar-refractivity contribution in [2.45, 2.75) is 83.2 Å². The van der Waals surface area contributed by atoms with Gasteiger partial charge in [-0.05, 0) is 61.0 Å². The first kappa shape index (κ1) is 17.0. The van der Waals surface area contributed by atoms with E-state index in [9.17, 15) is 0 Å². The highest BCUT2D eigenvalue weighted by atomic mass is 16.5. The maximum Gasteiger partial charge on any atom is 0.0983 e. The smallest absolute Gasteiger partial charge is 0.0983 e. The van der Waals surface area contributed by atoms with Crippen LogP contribution in [0.3, 0.4) is 0 Å². The molecule has 1 aromatic carbocycles. The Hall–Kier alpha value is -0.820. The van der Waals surface area contributed by atoms with Crippen molar-refractivity contribution in [3.63, 3.8) is 0 Å². The lowest BCUT2D eigenvalue weighted by Gasteiger charge is -2.43. The van der Waals surface area contributed by atoms with Crippen molar-refractivity contribution in [2.75, 3.05) is 7.11 Å². The van der Waals surface area contributed by atoms with Crippen molar-refractivity contribution in [1.29, 1.82) is 0 Å². The molecule has 1 atom stereocenters. The molecule has 1 nitrogen and oxygen atoms in total. The van der Waals surface area contributed by atoms with Gasteiger partial charge in [0.1, 0.15) is 0 Å². The lowest BCUT2D eigenvalue weighted by atomic mass is 9.70. The topological polar surface area (TPSA) is 9.23 Å². The van der Waals surface area contributed by atoms with Gasteiger partial charge in [0.2, 0.25) is 0 Å². The van der Waals surface area contributed by atoms with Crippen molar-refractivity contribution in [1.82, 2.24) is 0 Å². The van der Waals surface area contributed by atoms with Crippen LogP contribution in [0.1, 0.15) is 88.7 Å². The van der Waals surface area contributed by atoms with Crippen LogP contribution in [0.4, 0.5) is 0 Å². The highest BCUT2D eigenvalue weighted by Gasteiger charge is 2.48. The molecule has 0 radical (unpaired) electrons. The molecule has 3 rings (SSSR count). The average molecular weight is 315 g/mol. The minimum atomic E-state index is -0.0268. The summed E-state index contributed by atoms with van der Waals surface area (Å²) in [5.74, 6) is 2.08. The van der Waals surface area contributed by atoms with Gasteiger partial charge in [0.15, 0.2) is 0 Å². The van der Waals surface area contributed by atoms with Crippen LogP contribution in [0, 0.1) is 11.8 Å². The quantitative estimate of drug-likeness (QED) is 0.588. The first-order valence-corrected chi connectivity index (χ1v) is 9.88. The summed E-state index contributed by atoms with van der Waals surface area (Å²) in [6, 6.07) is 9.51. The summed E-state index contributed by atoms with van der Waals surface area (Å²) in [4.78, 5) is 0. The third-order valence-electron chi connectivity index (χ3n) is 6.80. The van der Waals surface area contributed by atoms with E-state index in [1.54, 1.807) is 0 Å². The number of ether oxygens (including phenoxy) is 1. The van der Waals surface area contributed by atoms with Crippen molar-refractivity contribution in [3.05, 3.63) is 35.4 Å². The van der Waals surface area contributed by atoms with E-state index in [1.807, 2.05) is 7.11 Å². The van der Waals surface area contributed by atoms with E-state index >= 15 is 0 Å². The van der Waals surface area contributed by atoms with Crippen molar-refractivity contribution in [3.8, 4) is 0 Å². The first-order valence-electron chi connectivity index (χ1n) is 9.88. The molecule has 2 fully saturated rings. The number of hydrogen-bond donors (Lipinski definition) is 0. The second kappa shape index (κ2) is 7.38. The van der Waals surface area contributed by atoms with Gasteiger partial charge >= 0.3 is 0 Å². The molecule has 1 unspecified atom stereocenters. The van der Waals surface area contributed by atoms with Gasteiger partial charge in [-0.3, -0.25) is 0 Å². The predicted molar refractivity (Wildman–Crippen MR) is 97.8 cm³/mol. The lowest BCUT2D eigenvalue weighted by Crippen LogP contribution is -2.42.